The van der Waals surface area contributed by atoms with Gasteiger partial charge in [-0.3, -0.25) is 0 Å². The van der Waals surface area contributed by atoms with Crippen LogP contribution < -0.4 is 0 Å². The third-order valence-corrected chi connectivity index (χ3v) is 5.43. The van der Waals surface area contributed by atoms with Gasteiger partial charge >= 0.3 is 54.6 Å². The van der Waals surface area contributed by atoms with Gasteiger partial charge in [0.05, 0.1) is 0 Å². The Bertz CT molecular complexity index is 84.2. The first-order chi connectivity index (χ1) is 2.94. The molecule has 1 atom stereocenters. The van der Waals surface area contributed by atoms with Gasteiger partial charge in [0.25, 0.3) is 0 Å². The van der Waals surface area contributed by atoms with Crippen LogP contribution in [0.1, 0.15) is 20.8 Å². The first kappa shape index (κ1) is 7.88. The molecular weight excluding hydrogens is 169 g/mol. The van der Waals surface area contributed by atoms with E-state index in [1.54, 1.807) is 0 Å². The molecule has 0 nitrogen and oxygen atoms in total. The van der Waals surface area contributed by atoms with E-state index >= 15 is 0 Å². The van der Waals surface area contributed by atoms with Gasteiger partial charge in [-0.2, -0.15) is 0 Å². The molecule has 1 unspecified atom stereocenters. The second kappa shape index (κ2) is 2.44. The zero-order valence-corrected chi connectivity index (χ0v) is 7.54. The molecular formula is C4H9BPSe+. The summed E-state index contributed by atoms with van der Waals surface area (Å²) < 4.78 is 0. The molecule has 0 amide bonds. The third kappa shape index (κ3) is 3.47. The number of rotatable bonds is 0. The molecule has 0 aliphatic heterocycles. The summed E-state index contributed by atoms with van der Waals surface area (Å²) in [6, 6.07) is -0.367. The van der Waals surface area contributed by atoms with Crippen molar-refractivity contribution in [3.63, 3.8) is 0 Å². The van der Waals surface area contributed by atoms with Crippen LogP contribution in [0.2, 0.25) is 0 Å². The topological polar surface area (TPSA) is 0 Å². The average Bonchev–Trinajstić information content (AvgIpc) is 1.31. The SMILES string of the molecule is [B][P+](=[Se])C(C)(C)C. The van der Waals surface area contributed by atoms with Gasteiger partial charge in [0.2, 0.25) is 0 Å². The van der Waals surface area contributed by atoms with E-state index < -0.39 is 0 Å². The molecule has 3 heteroatoms. The Morgan fingerprint density at radius 1 is 1.43 bits per heavy atom. The van der Waals surface area contributed by atoms with Crippen LogP contribution in [0.5, 0.6) is 0 Å². The van der Waals surface area contributed by atoms with E-state index in [9.17, 15) is 0 Å². The third-order valence-electron chi connectivity index (χ3n) is 0.661. The fraction of sp³-hybridized carbons (Fsp3) is 1.00. The Balaban J connectivity index is 3.79. The molecule has 0 spiro atoms. The molecule has 0 aromatic heterocycles. The summed E-state index contributed by atoms with van der Waals surface area (Å²) in [6.45, 7) is 6.40. The molecule has 38 valence electrons. The molecule has 0 aliphatic carbocycles. The first-order valence-electron chi connectivity index (χ1n) is 2.16. The van der Waals surface area contributed by atoms with Crippen molar-refractivity contribution < 1.29 is 0 Å². The van der Waals surface area contributed by atoms with Crippen LogP contribution in [0.3, 0.4) is 0 Å². The van der Waals surface area contributed by atoms with Gasteiger partial charge in [0.1, 0.15) is 0 Å². The summed E-state index contributed by atoms with van der Waals surface area (Å²) in [5.74, 6) is 0. The molecule has 0 saturated carbocycles. The molecule has 0 bridgehead atoms. The van der Waals surface area contributed by atoms with Crippen LogP contribution in [0.4, 0.5) is 0 Å². The van der Waals surface area contributed by atoms with Crippen molar-refractivity contribution in [2.75, 3.05) is 0 Å². The standard InChI is InChI=1S/C4H9BPSe/c1-4(2,3)6(5)7/h1-3H3/q+1. The van der Waals surface area contributed by atoms with Gasteiger partial charge in [-0.05, 0) is 0 Å². The number of hydrogen-bond acceptors (Lipinski definition) is 0. The molecule has 0 aliphatic rings. The van der Waals surface area contributed by atoms with Crippen LogP contribution in [0.15, 0.2) is 0 Å². The van der Waals surface area contributed by atoms with Crippen molar-refractivity contribution in [2.24, 2.45) is 0 Å². The molecule has 0 saturated heterocycles. The van der Waals surface area contributed by atoms with E-state index in [0.29, 0.717) is 0 Å². The van der Waals surface area contributed by atoms with E-state index in [4.69, 9.17) is 7.57 Å². The van der Waals surface area contributed by atoms with Gasteiger partial charge in [0, 0.05) is 0 Å². The molecule has 0 N–H and O–H groups in total. The average molecular weight is 178 g/mol. The zero-order valence-electron chi connectivity index (χ0n) is 4.93. The van der Waals surface area contributed by atoms with Crippen molar-refractivity contribution in [3.05, 3.63) is 0 Å². The van der Waals surface area contributed by atoms with E-state index in [1.165, 1.54) is 0 Å². The number of hydrogen-bond donors (Lipinski definition) is 0. The van der Waals surface area contributed by atoms with Crippen molar-refractivity contribution in [3.8, 4) is 0 Å². The summed E-state index contributed by atoms with van der Waals surface area (Å²) in [5, 5.41) is 0.287. The van der Waals surface area contributed by atoms with Gasteiger partial charge in [-0.15, -0.1) is 0 Å². The van der Waals surface area contributed by atoms with E-state index in [2.05, 4.69) is 35.9 Å². The first-order valence-corrected chi connectivity index (χ1v) is 5.79. The predicted octanol–water partition coefficient (Wildman–Crippen LogP) is 1.43. The van der Waals surface area contributed by atoms with Crippen LogP contribution in [-0.2, 0) is 0 Å². The van der Waals surface area contributed by atoms with Crippen LogP contribution in [0, 0.1) is 0 Å². The second-order valence-electron chi connectivity index (χ2n) is 2.50. The molecule has 7 heavy (non-hydrogen) atoms. The fourth-order valence-electron chi connectivity index (χ4n) is 0. The van der Waals surface area contributed by atoms with Crippen molar-refractivity contribution in [1.82, 2.24) is 0 Å². The monoisotopic (exact) mass is 179 g/mol. The normalized spacial score (nSPS) is 13.9. The zero-order chi connectivity index (χ0) is 6.08. The fourth-order valence-corrected chi connectivity index (χ4v) is 0. The Hall–Kier alpha value is 0.884. The minimum atomic E-state index is -0.367. The van der Waals surface area contributed by atoms with Crippen LogP contribution in [-0.4, -0.2) is 27.8 Å². The molecule has 0 aromatic carbocycles. The van der Waals surface area contributed by atoms with Gasteiger partial charge in [-0.25, -0.2) is 0 Å². The maximum atomic E-state index is 5.58. The summed E-state index contributed by atoms with van der Waals surface area (Å²) >= 11 is 2.92. The van der Waals surface area contributed by atoms with E-state index in [1.807, 2.05) is 0 Å². The van der Waals surface area contributed by atoms with E-state index in [-0.39, 0.29) is 11.2 Å². The van der Waals surface area contributed by atoms with Crippen molar-refractivity contribution in [2.45, 2.75) is 25.9 Å². The molecule has 2 radical (unpaired) electrons. The Labute approximate surface area is 55.1 Å². The van der Waals surface area contributed by atoms with Gasteiger partial charge in [-0.1, -0.05) is 0 Å². The van der Waals surface area contributed by atoms with Crippen LogP contribution in [0.25, 0.3) is 0 Å². The molecule has 0 rings (SSSR count). The van der Waals surface area contributed by atoms with Gasteiger partial charge < -0.3 is 0 Å². The molecule has 0 aromatic rings. The van der Waals surface area contributed by atoms with Crippen molar-refractivity contribution in [1.29, 1.82) is 0 Å². The summed E-state index contributed by atoms with van der Waals surface area (Å²) in [7, 11) is 5.58. The molecule has 0 heterocycles. The summed E-state index contributed by atoms with van der Waals surface area (Å²) in [4.78, 5) is 0. The Morgan fingerprint density at radius 2 is 1.57 bits per heavy atom. The van der Waals surface area contributed by atoms with Gasteiger partial charge in [0.15, 0.2) is 0 Å². The summed E-state index contributed by atoms with van der Waals surface area (Å²) in [6.07, 6.45) is 0. The van der Waals surface area contributed by atoms with E-state index in [0.717, 1.165) is 0 Å². The summed E-state index contributed by atoms with van der Waals surface area (Å²) in [5.41, 5.74) is 0. The maximum absolute atomic E-state index is 5.58. The van der Waals surface area contributed by atoms with Crippen LogP contribution >= 0.6 is 6.05 Å². The van der Waals surface area contributed by atoms with Crippen molar-refractivity contribution >= 4 is 28.7 Å². The minimum absolute atomic E-state index is 0.287. The Kier molecular flexibility index (Phi) is 2.75. The molecule has 0 fully saturated rings. The quantitative estimate of drug-likeness (QED) is 0.388. The predicted molar refractivity (Wildman–Crippen MR) is 38.2 cm³/mol. The Morgan fingerprint density at radius 3 is 1.57 bits per heavy atom. The second-order valence-corrected chi connectivity index (χ2v) is 6.97.